The zero-order chi connectivity index (χ0) is 24.0. The van der Waals surface area contributed by atoms with Crippen LogP contribution in [0.5, 0.6) is 0 Å². The summed E-state index contributed by atoms with van der Waals surface area (Å²) in [6.45, 7) is 9.44. The van der Waals surface area contributed by atoms with Crippen molar-refractivity contribution >= 4 is 11.7 Å². The Morgan fingerprint density at radius 1 is 1.24 bits per heavy atom. The number of nitrogens with zero attached hydrogens (tertiary/aromatic N) is 3. The number of anilines is 1. The molecule has 7 nitrogen and oxygen atoms in total. The van der Waals surface area contributed by atoms with E-state index in [1.165, 1.54) is 18.9 Å². The van der Waals surface area contributed by atoms with Gasteiger partial charge in [0, 0.05) is 19.3 Å². The van der Waals surface area contributed by atoms with Crippen LogP contribution in [0.2, 0.25) is 0 Å². The summed E-state index contributed by atoms with van der Waals surface area (Å²) in [5.41, 5.74) is 0.0895. The zero-order valence-corrected chi connectivity index (χ0v) is 19.7. The monoisotopic (exact) mass is 463 g/mol. The number of carbonyl (C=O) groups is 1. The summed E-state index contributed by atoms with van der Waals surface area (Å²) in [6.07, 6.45) is 6.28. The summed E-state index contributed by atoms with van der Waals surface area (Å²) in [5, 5.41) is 16.2. The minimum atomic E-state index is -1.07. The molecule has 1 aliphatic rings. The minimum absolute atomic E-state index is 0.0282. The van der Waals surface area contributed by atoms with Crippen LogP contribution in [0.15, 0.2) is 30.7 Å². The first kappa shape index (κ1) is 25.3. The molecule has 1 aromatic heterocycles. The molecule has 0 radical (unpaired) electrons. The Labute approximate surface area is 194 Å². The molecular weight excluding hydrogens is 428 g/mol. The molecule has 1 aliphatic heterocycles. The van der Waals surface area contributed by atoms with Gasteiger partial charge in [0.1, 0.15) is 0 Å². The fraction of sp³-hybridized carbons (Fsp3) is 0.583. The molecule has 0 aliphatic carbocycles. The van der Waals surface area contributed by atoms with E-state index < -0.39 is 23.8 Å². The third-order valence-electron chi connectivity index (χ3n) is 6.12. The Morgan fingerprint density at radius 3 is 2.64 bits per heavy atom. The number of hydrogen-bond acceptors (Lipinski definition) is 5. The van der Waals surface area contributed by atoms with E-state index in [1.54, 1.807) is 6.33 Å². The Morgan fingerprint density at radius 2 is 1.97 bits per heavy atom. The lowest BCUT2D eigenvalue weighted by Crippen LogP contribution is -2.42. The molecule has 3 rings (SSSR count). The second-order valence-corrected chi connectivity index (χ2v) is 9.39. The van der Waals surface area contributed by atoms with Crippen molar-refractivity contribution in [2.75, 3.05) is 31.5 Å². The normalized spacial score (nSPS) is 16.7. The van der Waals surface area contributed by atoms with Crippen LogP contribution < -0.4 is 10.6 Å². The lowest BCUT2D eigenvalue weighted by Gasteiger charge is -2.31. The fourth-order valence-corrected chi connectivity index (χ4v) is 4.21. The molecule has 1 unspecified atom stereocenters. The van der Waals surface area contributed by atoms with Crippen molar-refractivity contribution in [3.63, 3.8) is 0 Å². The van der Waals surface area contributed by atoms with Gasteiger partial charge >= 0.3 is 0 Å². The highest BCUT2D eigenvalue weighted by atomic mass is 19.2. The maximum atomic E-state index is 13.4. The van der Waals surface area contributed by atoms with Crippen LogP contribution in [-0.2, 0) is 10.3 Å². The predicted octanol–water partition coefficient (Wildman–Crippen LogP) is 3.42. The molecule has 1 aromatic carbocycles. The van der Waals surface area contributed by atoms with E-state index in [2.05, 4.69) is 34.4 Å². The third kappa shape index (κ3) is 6.82. The first-order chi connectivity index (χ1) is 15.7. The molecule has 33 heavy (non-hydrogen) atoms. The molecule has 0 saturated carbocycles. The summed E-state index contributed by atoms with van der Waals surface area (Å²) in [7, 11) is 0. The van der Waals surface area contributed by atoms with Crippen LogP contribution in [-0.4, -0.2) is 57.7 Å². The number of nitrogens with one attached hydrogen (secondary N) is 2. The third-order valence-corrected chi connectivity index (χ3v) is 6.12. The van der Waals surface area contributed by atoms with Gasteiger partial charge in [-0.3, -0.25) is 4.79 Å². The van der Waals surface area contributed by atoms with E-state index in [0.29, 0.717) is 12.2 Å². The highest BCUT2D eigenvalue weighted by Gasteiger charge is 2.26. The summed E-state index contributed by atoms with van der Waals surface area (Å²) >= 11 is 0. The lowest BCUT2D eigenvalue weighted by molar-refractivity contribution is -0.118. The van der Waals surface area contributed by atoms with Gasteiger partial charge in [-0.15, -0.1) is 0 Å². The van der Waals surface area contributed by atoms with Crippen molar-refractivity contribution in [2.24, 2.45) is 0 Å². The van der Waals surface area contributed by atoms with Crippen molar-refractivity contribution in [2.45, 2.75) is 64.1 Å². The average Bonchev–Trinajstić information content (AvgIpc) is 3.45. The molecule has 2 atom stereocenters. The van der Waals surface area contributed by atoms with Gasteiger partial charge in [-0.25, -0.2) is 13.8 Å². The quantitative estimate of drug-likeness (QED) is 0.476. The minimum Gasteiger partial charge on any atom is -0.387 e. The van der Waals surface area contributed by atoms with Crippen LogP contribution in [0.4, 0.5) is 14.6 Å². The average molecular weight is 464 g/mol. The predicted molar refractivity (Wildman–Crippen MR) is 124 cm³/mol. The van der Waals surface area contributed by atoms with Crippen molar-refractivity contribution in [1.82, 2.24) is 19.8 Å². The molecule has 182 valence electrons. The van der Waals surface area contributed by atoms with Crippen molar-refractivity contribution in [3.8, 4) is 0 Å². The number of carbonyl (C=O) groups excluding carboxylic acids is 1. The van der Waals surface area contributed by atoms with Crippen molar-refractivity contribution < 1.29 is 18.7 Å². The van der Waals surface area contributed by atoms with E-state index in [9.17, 15) is 18.7 Å². The molecule has 1 amide bonds. The SMILES string of the molecule is CCCC(NC[C@@H](O)c1ccc(F)c(F)c1)C(=O)Nc1cn(C(C)(C)CN2CCCC2)cn1. The number of rotatable bonds is 11. The van der Waals surface area contributed by atoms with Gasteiger partial charge in [0.2, 0.25) is 5.91 Å². The van der Waals surface area contributed by atoms with Crippen LogP contribution in [0.1, 0.15) is 58.1 Å². The number of aromatic nitrogens is 2. The van der Waals surface area contributed by atoms with Crippen molar-refractivity contribution in [3.05, 3.63) is 47.9 Å². The van der Waals surface area contributed by atoms with Gasteiger partial charge in [0.05, 0.1) is 24.0 Å². The molecule has 2 heterocycles. The molecule has 0 bridgehead atoms. The second kappa shape index (κ2) is 11.2. The number of likely N-dealkylation sites (tertiary alicyclic amines) is 1. The highest BCUT2D eigenvalue weighted by molar-refractivity contribution is 5.93. The fourth-order valence-electron chi connectivity index (χ4n) is 4.21. The van der Waals surface area contributed by atoms with E-state index in [1.807, 2.05) is 17.7 Å². The first-order valence-electron chi connectivity index (χ1n) is 11.6. The summed E-state index contributed by atoms with van der Waals surface area (Å²) in [4.78, 5) is 19.7. The molecule has 1 fully saturated rings. The second-order valence-electron chi connectivity index (χ2n) is 9.39. The number of amides is 1. The summed E-state index contributed by atoms with van der Waals surface area (Å²) < 4.78 is 28.6. The molecular formula is C24H35F2N5O2. The van der Waals surface area contributed by atoms with Crippen molar-refractivity contribution in [1.29, 1.82) is 0 Å². The van der Waals surface area contributed by atoms with Crippen LogP contribution in [0, 0.1) is 11.6 Å². The number of aliphatic hydroxyl groups excluding tert-OH is 1. The summed E-state index contributed by atoms with van der Waals surface area (Å²) in [6, 6.07) is 2.72. The summed E-state index contributed by atoms with van der Waals surface area (Å²) in [5.74, 6) is -1.77. The van der Waals surface area contributed by atoms with Crippen LogP contribution >= 0.6 is 0 Å². The number of imidazole rings is 1. The highest BCUT2D eigenvalue weighted by Crippen LogP contribution is 2.22. The Hall–Kier alpha value is -2.36. The van der Waals surface area contributed by atoms with Crippen LogP contribution in [0.3, 0.4) is 0 Å². The first-order valence-corrected chi connectivity index (χ1v) is 11.6. The number of aliphatic hydroxyl groups is 1. The molecule has 2 aromatic rings. The standard InChI is InChI=1S/C24H35F2N5O2/c1-4-7-20(27-13-21(32)17-8-9-18(25)19(26)12-17)23(33)29-22-14-31(16-28-22)24(2,3)15-30-10-5-6-11-30/h8-9,12,14,16,20-21,27,32H,4-7,10-11,13,15H2,1-3H3,(H,29,33)/t20?,21-/m1/s1. The number of halogens is 2. The van der Waals surface area contributed by atoms with E-state index in [-0.39, 0.29) is 23.6 Å². The Bertz CT molecular complexity index is 927. The lowest BCUT2D eigenvalue weighted by atomic mass is 10.1. The van der Waals surface area contributed by atoms with Crippen LogP contribution in [0.25, 0.3) is 0 Å². The molecule has 9 heteroatoms. The Balaban J connectivity index is 1.57. The zero-order valence-electron chi connectivity index (χ0n) is 19.7. The van der Waals surface area contributed by atoms with Gasteiger partial charge in [-0.05, 0) is 63.9 Å². The van der Waals surface area contributed by atoms with Gasteiger partial charge in [0.25, 0.3) is 0 Å². The number of benzene rings is 1. The maximum absolute atomic E-state index is 13.4. The van der Waals surface area contributed by atoms with Gasteiger partial charge in [-0.2, -0.15) is 0 Å². The van der Waals surface area contributed by atoms with E-state index in [4.69, 9.17) is 0 Å². The maximum Gasteiger partial charge on any atom is 0.242 e. The Kier molecular flexibility index (Phi) is 8.56. The number of hydrogen-bond donors (Lipinski definition) is 3. The topological polar surface area (TPSA) is 82.4 Å². The van der Waals surface area contributed by atoms with E-state index >= 15 is 0 Å². The van der Waals surface area contributed by atoms with Gasteiger partial charge in [-0.1, -0.05) is 19.4 Å². The van der Waals surface area contributed by atoms with Gasteiger partial charge in [0.15, 0.2) is 17.5 Å². The van der Waals surface area contributed by atoms with Gasteiger partial charge < -0.3 is 25.2 Å². The molecule has 1 saturated heterocycles. The smallest absolute Gasteiger partial charge is 0.242 e. The largest absolute Gasteiger partial charge is 0.387 e. The van der Waals surface area contributed by atoms with E-state index in [0.717, 1.165) is 38.2 Å². The molecule has 0 spiro atoms. The molecule has 3 N–H and O–H groups in total.